The second-order valence-electron chi connectivity index (χ2n) is 7.08. The summed E-state index contributed by atoms with van der Waals surface area (Å²) in [6.07, 6.45) is 0. The highest BCUT2D eigenvalue weighted by Crippen LogP contribution is 2.27. The third-order valence-corrected chi connectivity index (χ3v) is 4.81. The lowest BCUT2D eigenvalue weighted by atomic mass is 9.90. The van der Waals surface area contributed by atoms with Crippen LogP contribution in [0.4, 0.5) is 8.78 Å². The summed E-state index contributed by atoms with van der Waals surface area (Å²) in [4.78, 5) is 25.2. The molecule has 0 fully saturated rings. The monoisotopic (exact) mass is 413 g/mol. The molecule has 6 nitrogen and oxygen atoms in total. The van der Waals surface area contributed by atoms with Crippen molar-refractivity contribution in [2.45, 2.75) is 26.3 Å². The Bertz CT molecular complexity index is 1110. The predicted molar refractivity (Wildman–Crippen MR) is 106 cm³/mol. The minimum absolute atomic E-state index is 0.229. The molecule has 1 unspecified atom stereocenters. The SMILES string of the molecule is COC(=O)C(C)(NC(=O)c1ccc(-n2nc(C)cc2C)cc1)c1cc(F)ccc1F. The van der Waals surface area contributed by atoms with Gasteiger partial charge >= 0.3 is 5.97 Å². The van der Waals surface area contributed by atoms with Crippen LogP contribution >= 0.6 is 0 Å². The van der Waals surface area contributed by atoms with Crippen molar-refractivity contribution in [1.82, 2.24) is 15.1 Å². The second kappa shape index (κ2) is 8.06. The van der Waals surface area contributed by atoms with Gasteiger partial charge in [-0.15, -0.1) is 0 Å². The van der Waals surface area contributed by atoms with Gasteiger partial charge in [-0.1, -0.05) is 0 Å². The van der Waals surface area contributed by atoms with E-state index in [9.17, 15) is 18.4 Å². The van der Waals surface area contributed by atoms with Crippen molar-refractivity contribution in [3.8, 4) is 5.69 Å². The third kappa shape index (κ3) is 3.94. The van der Waals surface area contributed by atoms with E-state index in [1.165, 1.54) is 6.92 Å². The van der Waals surface area contributed by atoms with Crippen LogP contribution in [0.1, 0.15) is 34.2 Å². The predicted octanol–water partition coefficient (Wildman–Crippen LogP) is 3.59. The largest absolute Gasteiger partial charge is 0.467 e. The van der Waals surface area contributed by atoms with Crippen molar-refractivity contribution in [2.24, 2.45) is 0 Å². The lowest BCUT2D eigenvalue weighted by molar-refractivity contribution is -0.148. The number of esters is 1. The number of ether oxygens (including phenoxy) is 1. The first-order chi connectivity index (χ1) is 14.2. The number of halogens is 2. The lowest BCUT2D eigenvalue weighted by Gasteiger charge is -2.29. The van der Waals surface area contributed by atoms with Gasteiger partial charge in [-0.05, 0) is 69.3 Å². The second-order valence-corrected chi connectivity index (χ2v) is 7.08. The summed E-state index contributed by atoms with van der Waals surface area (Å²) in [5, 5.41) is 6.86. The summed E-state index contributed by atoms with van der Waals surface area (Å²) in [6, 6.07) is 11.1. The third-order valence-electron chi connectivity index (χ3n) is 4.81. The number of carbonyl (C=O) groups is 2. The van der Waals surface area contributed by atoms with Crippen LogP contribution in [0.25, 0.3) is 5.69 Å². The molecule has 0 aliphatic rings. The number of methoxy groups -OCH3 is 1. The maximum Gasteiger partial charge on any atom is 0.336 e. The Balaban J connectivity index is 1.92. The molecule has 0 spiro atoms. The van der Waals surface area contributed by atoms with Crippen LogP contribution in [0.5, 0.6) is 0 Å². The minimum atomic E-state index is -1.92. The van der Waals surface area contributed by atoms with E-state index in [0.717, 1.165) is 42.4 Å². The Kier molecular flexibility index (Phi) is 5.69. The van der Waals surface area contributed by atoms with Gasteiger partial charge < -0.3 is 10.1 Å². The summed E-state index contributed by atoms with van der Waals surface area (Å²) >= 11 is 0. The zero-order valence-corrected chi connectivity index (χ0v) is 17.0. The van der Waals surface area contributed by atoms with Gasteiger partial charge in [0.15, 0.2) is 5.54 Å². The molecule has 1 N–H and O–H groups in total. The fourth-order valence-corrected chi connectivity index (χ4v) is 3.26. The van der Waals surface area contributed by atoms with E-state index in [2.05, 4.69) is 10.4 Å². The molecular weight excluding hydrogens is 392 g/mol. The molecule has 8 heteroatoms. The van der Waals surface area contributed by atoms with Crippen LogP contribution in [0.15, 0.2) is 48.5 Å². The smallest absolute Gasteiger partial charge is 0.336 e. The Morgan fingerprint density at radius 2 is 1.73 bits per heavy atom. The molecule has 2 aromatic carbocycles. The van der Waals surface area contributed by atoms with Gasteiger partial charge in [0.2, 0.25) is 0 Å². The topological polar surface area (TPSA) is 73.2 Å². The van der Waals surface area contributed by atoms with Crippen LogP contribution in [-0.2, 0) is 15.1 Å². The van der Waals surface area contributed by atoms with Gasteiger partial charge in [-0.2, -0.15) is 5.10 Å². The van der Waals surface area contributed by atoms with Gasteiger partial charge in [0.25, 0.3) is 5.91 Å². The maximum atomic E-state index is 14.4. The molecule has 0 radical (unpaired) electrons. The number of aryl methyl sites for hydroxylation is 2. The highest BCUT2D eigenvalue weighted by atomic mass is 19.1. The van der Waals surface area contributed by atoms with Crippen molar-refractivity contribution in [3.63, 3.8) is 0 Å². The molecule has 1 heterocycles. The summed E-state index contributed by atoms with van der Waals surface area (Å²) in [5.41, 5.74) is 0.523. The number of nitrogens with zero attached hydrogens (tertiary/aromatic N) is 2. The average Bonchev–Trinajstić information content (AvgIpc) is 3.07. The molecule has 1 aromatic heterocycles. The Morgan fingerprint density at radius 3 is 2.30 bits per heavy atom. The van der Waals surface area contributed by atoms with Crippen molar-refractivity contribution in [2.75, 3.05) is 7.11 Å². The number of nitrogens with one attached hydrogen (secondary N) is 1. The normalized spacial score (nSPS) is 12.9. The van der Waals surface area contributed by atoms with Gasteiger partial charge in [-0.25, -0.2) is 18.3 Å². The molecule has 0 aliphatic heterocycles. The van der Waals surface area contributed by atoms with Crippen LogP contribution in [0.3, 0.4) is 0 Å². The molecule has 30 heavy (non-hydrogen) atoms. The highest BCUT2D eigenvalue weighted by Gasteiger charge is 2.40. The number of hydrogen-bond donors (Lipinski definition) is 1. The van der Waals surface area contributed by atoms with E-state index in [-0.39, 0.29) is 11.1 Å². The van der Waals surface area contributed by atoms with Crippen LogP contribution in [0.2, 0.25) is 0 Å². The molecule has 0 aliphatic carbocycles. The molecule has 1 atom stereocenters. The number of amides is 1. The number of benzene rings is 2. The first kappa shape index (κ1) is 21.2. The zero-order valence-electron chi connectivity index (χ0n) is 17.0. The summed E-state index contributed by atoms with van der Waals surface area (Å²) in [7, 11) is 1.10. The van der Waals surface area contributed by atoms with Crippen molar-refractivity contribution < 1.29 is 23.1 Å². The molecule has 0 saturated heterocycles. The van der Waals surface area contributed by atoms with Crippen molar-refractivity contribution >= 4 is 11.9 Å². The van der Waals surface area contributed by atoms with Gasteiger partial charge in [0.05, 0.1) is 18.5 Å². The van der Waals surface area contributed by atoms with Crippen molar-refractivity contribution in [3.05, 3.63) is 82.7 Å². The van der Waals surface area contributed by atoms with Gasteiger partial charge in [0.1, 0.15) is 11.6 Å². The summed E-state index contributed by atoms with van der Waals surface area (Å²) in [5.74, 6) is -3.17. The molecule has 3 aromatic rings. The fourth-order valence-electron chi connectivity index (χ4n) is 3.26. The van der Waals surface area contributed by atoms with Crippen LogP contribution in [-0.4, -0.2) is 28.8 Å². The van der Waals surface area contributed by atoms with E-state index < -0.39 is 29.0 Å². The Labute approximate surface area is 172 Å². The van der Waals surface area contributed by atoms with Crippen LogP contribution in [0, 0.1) is 25.5 Å². The molecular formula is C22H21F2N3O3. The fraction of sp³-hybridized carbons (Fsp3) is 0.227. The highest BCUT2D eigenvalue weighted by molar-refractivity contribution is 5.98. The zero-order chi connectivity index (χ0) is 22.1. The van der Waals surface area contributed by atoms with Crippen molar-refractivity contribution in [1.29, 1.82) is 0 Å². The quantitative estimate of drug-likeness (QED) is 0.649. The Hall–Kier alpha value is -3.55. The number of aromatic nitrogens is 2. The van der Waals surface area contributed by atoms with Gasteiger partial charge in [0, 0.05) is 16.8 Å². The molecule has 156 valence electrons. The molecule has 0 saturated carbocycles. The first-order valence-electron chi connectivity index (χ1n) is 9.16. The van der Waals surface area contributed by atoms with E-state index in [1.54, 1.807) is 28.9 Å². The van der Waals surface area contributed by atoms with E-state index >= 15 is 0 Å². The standard InChI is InChI=1S/C22H21F2N3O3/c1-13-11-14(2)27(26-13)17-8-5-15(6-9-17)20(28)25-22(3,21(29)30-4)18-12-16(23)7-10-19(18)24/h5-12H,1-4H3,(H,25,28). The first-order valence-corrected chi connectivity index (χ1v) is 9.16. The van der Waals surface area contributed by atoms with Crippen LogP contribution < -0.4 is 5.32 Å². The number of rotatable bonds is 5. The summed E-state index contributed by atoms with van der Waals surface area (Å²) in [6.45, 7) is 5.05. The van der Waals surface area contributed by atoms with E-state index in [1.807, 2.05) is 19.9 Å². The maximum absolute atomic E-state index is 14.4. The minimum Gasteiger partial charge on any atom is -0.467 e. The summed E-state index contributed by atoms with van der Waals surface area (Å²) < 4.78 is 34.5. The molecule has 3 rings (SSSR count). The Morgan fingerprint density at radius 1 is 1.07 bits per heavy atom. The van der Waals surface area contributed by atoms with Gasteiger partial charge in [-0.3, -0.25) is 4.79 Å². The average molecular weight is 413 g/mol. The number of carbonyl (C=O) groups excluding carboxylic acids is 2. The molecule has 1 amide bonds. The van der Waals surface area contributed by atoms with E-state index in [0.29, 0.717) is 0 Å². The lowest BCUT2D eigenvalue weighted by Crippen LogP contribution is -2.50. The molecule has 0 bridgehead atoms. The van der Waals surface area contributed by atoms with E-state index in [4.69, 9.17) is 4.74 Å². The number of hydrogen-bond acceptors (Lipinski definition) is 4.